The quantitative estimate of drug-likeness (QED) is 0.699. The van der Waals surface area contributed by atoms with E-state index >= 15 is 0 Å². The molecule has 1 unspecified atom stereocenters. The van der Waals surface area contributed by atoms with Gasteiger partial charge in [-0.3, -0.25) is 4.79 Å². The second-order valence-electron chi connectivity index (χ2n) is 6.09. The molecule has 1 fully saturated rings. The molecule has 114 valence electrons. The van der Waals surface area contributed by atoms with Crippen LogP contribution in [0.15, 0.2) is 0 Å². The predicted octanol–water partition coefficient (Wildman–Crippen LogP) is 0.537. The Balaban J connectivity index is 2.75. The molecule has 1 atom stereocenters. The van der Waals surface area contributed by atoms with Crippen LogP contribution in [0.2, 0.25) is 0 Å². The molecule has 20 heavy (non-hydrogen) atoms. The number of amides is 3. The Kier molecular flexibility index (Phi) is 4.62. The molecule has 3 amide bonds. The van der Waals surface area contributed by atoms with Crippen LogP contribution in [0.5, 0.6) is 0 Å². The molecule has 0 saturated carbocycles. The Morgan fingerprint density at radius 1 is 1.35 bits per heavy atom. The van der Waals surface area contributed by atoms with Gasteiger partial charge in [-0.25, -0.2) is 9.59 Å². The lowest BCUT2D eigenvalue weighted by molar-refractivity contribution is -0.150. The lowest BCUT2D eigenvalue weighted by Crippen LogP contribution is -2.60. The summed E-state index contributed by atoms with van der Waals surface area (Å²) >= 11 is 0. The molecular weight excluding hydrogens is 262 g/mol. The van der Waals surface area contributed by atoms with Gasteiger partial charge in [0, 0.05) is 13.1 Å². The number of likely N-dealkylation sites (tertiary alicyclic amines) is 1. The number of carboxylic acids is 1. The molecule has 4 N–H and O–H groups in total. The summed E-state index contributed by atoms with van der Waals surface area (Å²) in [6, 6.07) is -0.469. The van der Waals surface area contributed by atoms with Crippen LogP contribution >= 0.6 is 0 Å². The van der Waals surface area contributed by atoms with Crippen molar-refractivity contribution in [3.8, 4) is 0 Å². The van der Waals surface area contributed by atoms with Gasteiger partial charge in [-0.05, 0) is 40.0 Å². The highest BCUT2D eigenvalue weighted by atomic mass is 16.4. The van der Waals surface area contributed by atoms with Crippen LogP contribution in [0.4, 0.5) is 4.79 Å². The SMILES string of the molecule is CC(C)(CNC(=O)N1CCCCC1(C)C(=O)O)C(N)=O. The van der Waals surface area contributed by atoms with Crippen LogP contribution < -0.4 is 11.1 Å². The zero-order chi connectivity index (χ0) is 15.6. The number of urea groups is 1. The molecule has 1 rings (SSSR count). The van der Waals surface area contributed by atoms with E-state index in [1.807, 2.05) is 0 Å². The second-order valence-corrected chi connectivity index (χ2v) is 6.09. The predicted molar refractivity (Wildman–Crippen MR) is 73.0 cm³/mol. The normalized spacial score (nSPS) is 23.2. The first-order valence-corrected chi connectivity index (χ1v) is 6.70. The zero-order valence-corrected chi connectivity index (χ0v) is 12.2. The number of nitrogens with zero attached hydrogens (tertiary/aromatic N) is 1. The maximum Gasteiger partial charge on any atom is 0.329 e. The Bertz CT molecular complexity index is 422. The lowest BCUT2D eigenvalue weighted by atomic mass is 9.88. The molecule has 7 nitrogen and oxygen atoms in total. The number of hydrogen-bond donors (Lipinski definition) is 3. The fourth-order valence-corrected chi connectivity index (χ4v) is 2.15. The number of nitrogens with one attached hydrogen (secondary N) is 1. The molecule has 7 heteroatoms. The van der Waals surface area contributed by atoms with Crippen molar-refractivity contribution in [1.82, 2.24) is 10.2 Å². The number of nitrogens with two attached hydrogens (primary N) is 1. The minimum Gasteiger partial charge on any atom is -0.480 e. The Labute approximate surface area is 118 Å². The molecular formula is C13H23N3O4. The van der Waals surface area contributed by atoms with E-state index in [2.05, 4.69) is 5.32 Å². The van der Waals surface area contributed by atoms with Crippen molar-refractivity contribution in [2.75, 3.05) is 13.1 Å². The van der Waals surface area contributed by atoms with Crippen molar-refractivity contribution in [1.29, 1.82) is 0 Å². The van der Waals surface area contributed by atoms with Crippen LogP contribution in [-0.4, -0.2) is 46.5 Å². The van der Waals surface area contributed by atoms with Crippen molar-refractivity contribution in [3.05, 3.63) is 0 Å². The van der Waals surface area contributed by atoms with E-state index in [4.69, 9.17) is 5.73 Å². The van der Waals surface area contributed by atoms with Crippen LogP contribution in [-0.2, 0) is 9.59 Å². The average molecular weight is 285 g/mol. The van der Waals surface area contributed by atoms with Crippen molar-refractivity contribution in [2.45, 2.75) is 45.6 Å². The highest BCUT2D eigenvalue weighted by Gasteiger charge is 2.44. The highest BCUT2D eigenvalue weighted by molar-refractivity contribution is 5.87. The molecule has 0 aliphatic carbocycles. The number of aliphatic carboxylic acids is 1. The van der Waals surface area contributed by atoms with E-state index in [-0.39, 0.29) is 6.54 Å². The van der Waals surface area contributed by atoms with Crippen molar-refractivity contribution in [3.63, 3.8) is 0 Å². The van der Waals surface area contributed by atoms with Crippen molar-refractivity contribution in [2.24, 2.45) is 11.1 Å². The number of piperidine rings is 1. The molecule has 0 aromatic carbocycles. The van der Waals surface area contributed by atoms with Gasteiger partial charge >= 0.3 is 12.0 Å². The summed E-state index contributed by atoms with van der Waals surface area (Å²) in [5.74, 6) is -1.53. The fourth-order valence-electron chi connectivity index (χ4n) is 2.15. The first-order valence-electron chi connectivity index (χ1n) is 6.70. The number of carbonyl (C=O) groups is 3. The van der Waals surface area contributed by atoms with Gasteiger partial charge in [0.25, 0.3) is 0 Å². The smallest absolute Gasteiger partial charge is 0.329 e. The molecule has 1 heterocycles. The monoisotopic (exact) mass is 285 g/mol. The zero-order valence-electron chi connectivity index (χ0n) is 12.2. The van der Waals surface area contributed by atoms with Crippen molar-refractivity contribution < 1.29 is 19.5 Å². The summed E-state index contributed by atoms with van der Waals surface area (Å²) in [4.78, 5) is 36.1. The molecule has 0 bridgehead atoms. The maximum absolute atomic E-state index is 12.2. The molecule has 0 radical (unpaired) electrons. The number of rotatable bonds is 4. The lowest BCUT2D eigenvalue weighted by Gasteiger charge is -2.41. The Morgan fingerprint density at radius 3 is 2.45 bits per heavy atom. The van der Waals surface area contributed by atoms with Gasteiger partial charge in [0.2, 0.25) is 5.91 Å². The molecule has 0 spiro atoms. The van der Waals surface area contributed by atoms with E-state index in [1.54, 1.807) is 20.8 Å². The number of carbonyl (C=O) groups excluding carboxylic acids is 2. The number of hydrogen-bond acceptors (Lipinski definition) is 3. The van der Waals surface area contributed by atoms with E-state index < -0.39 is 28.9 Å². The topological polar surface area (TPSA) is 113 Å². The van der Waals surface area contributed by atoms with E-state index in [0.29, 0.717) is 13.0 Å². The average Bonchev–Trinajstić information content (AvgIpc) is 2.36. The fraction of sp³-hybridized carbons (Fsp3) is 0.769. The van der Waals surface area contributed by atoms with E-state index in [0.717, 1.165) is 12.8 Å². The van der Waals surface area contributed by atoms with Gasteiger partial charge in [-0.1, -0.05) is 0 Å². The largest absolute Gasteiger partial charge is 0.480 e. The minimum atomic E-state index is -1.20. The van der Waals surface area contributed by atoms with E-state index in [9.17, 15) is 19.5 Å². The first kappa shape index (κ1) is 16.3. The van der Waals surface area contributed by atoms with E-state index in [1.165, 1.54) is 4.90 Å². The molecule has 1 saturated heterocycles. The summed E-state index contributed by atoms with van der Waals surface area (Å²) in [5, 5.41) is 11.9. The number of carboxylic acid groups (broad SMARTS) is 1. The molecule has 0 aromatic heterocycles. The van der Waals surface area contributed by atoms with Gasteiger partial charge in [-0.2, -0.15) is 0 Å². The van der Waals surface area contributed by atoms with Gasteiger partial charge in [0.1, 0.15) is 5.54 Å². The van der Waals surface area contributed by atoms with Gasteiger partial charge < -0.3 is 21.1 Å². The summed E-state index contributed by atoms with van der Waals surface area (Å²) in [7, 11) is 0. The molecule has 1 aliphatic rings. The minimum absolute atomic E-state index is 0.0768. The van der Waals surface area contributed by atoms with Crippen LogP contribution in [0.1, 0.15) is 40.0 Å². The highest BCUT2D eigenvalue weighted by Crippen LogP contribution is 2.28. The third-order valence-corrected chi connectivity index (χ3v) is 3.95. The van der Waals surface area contributed by atoms with Gasteiger partial charge in [-0.15, -0.1) is 0 Å². The summed E-state index contributed by atoms with van der Waals surface area (Å²) < 4.78 is 0. The molecule has 1 aliphatic heterocycles. The van der Waals surface area contributed by atoms with Crippen LogP contribution in [0.3, 0.4) is 0 Å². The standard InChI is InChI=1S/C13H23N3O4/c1-12(2,9(14)17)8-15-11(20)16-7-5-4-6-13(16,3)10(18)19/h4-8H2,1-3H3,(H2,14,17)(H,15,20)(H,18,19). The van der Waals surface area contributed by atoms with Gasteiger partial charge in [0.15, 0.2) is 0 Å². The third-order valence-electron chi connectivity index (χ3n) is 3.95. The summed E-state index contributed by atoms with van der Waals surface area (Å²) in [6.07, 6.45) is 1.98. The third kappa shape index (κ3) is 3.20. The van der Waals surface area contributed by atoms with Crippen LogP contribution in [0.25, 0.3) is 0 Å². The Hall–Kier alpha value is -1.79. The van der Waals surface area contributed by atoms with Crippen molar-refractivity contribution >= 4 is 17.9 Å². The Morgan fingerprint density at radius 2 is 1.95 bits per heavy atom. The second kappa shape index (κ2) is 5.68. The first-order chi connectivity index (χ1) is 9.11. The number of primary amides is 1. The summed E-state index contributed by atoms with van der Waals surface area (Å²) in [6.45, 7) is 5.27. The van der Waals surface area contributed by atoms with Gasteiger partial charge in [0.05, 0.1) is 5.41 Å². The molecule has 0 aromatic rings. The van der Waals surface area contributed by atoms with Crippen LogP contribution in [0, 0.1) is 5.41 Å². The maximum atomic E-state index is 12.2. The summed E-state index contributed by atoms with van der Waals surface area (Å²) in [5.41, 5.74) is 3.17.